The number of aromatic nitrogens is 2. The summed E-state index contributed by atoms with van der Waals surface area (Å²) >= 11 is 0. The highest BCUT2D eigenvalue weighted by atomic mass is 15.1. The molecule has 0 aliphatic heterocycles. The number of aromatic amines is 1. The molecule has 2 aromatic rings. The monoisotopic (exact) mass is 226 g/mol. The lowest BCUT2D eigenvalue weighted by Gasteiger charge is -2.11. The van der Waals surface area contributed by atoms with Gasteiger partial charge in [-0.25, -0.2) is 0 Å². The van der Waals surface area contributed by atoms with Crippen LogP contribution in [0.25, 0.3) is 0 Å². The first-order chi connectivity index (χ1) is 8.29. The fourth-order valence-electron chi connectivity index (χ4n) is 1.64. The van der Waals surface area contributed by atoms with Gasteiger partial charge in [-0.1, -0.05) is 12.1 Å². The highest BCUT2D eigenvalue weighted by Gasteiger charge is 2.05. The molecule has 1 atom stereocenters. The van der Waals surface area contributed by atoms with E-state index >= 15 is 0 Å². The zero-order chi connectivity index (χ0) is 12.1. The molecule has 2 N–H and O–H groups in total. The number of nitriles is 1. The predicted octanol–water partition coefficient (Wildman–Crippen LogP) is 2.13. The number of hydrogen-bond donors (Lipinski definition) is 2. The molecular weight excluding hydrogens is 212 g/mol. The zero-order valence-corrected chi connectivity index (χ0v) is 9.64. The first-order valence-electron chi connectivity index (χ1n) is 5.50. The average Bonchev–Trinajstić information content (AvgIpc) is 2.90. The van der Waals surface area contributed by atoms with Gasteiger partial charge in [-0.15, -0.1) is 0 Å². The summed E-state index contributed by atoms with van der Waals surface area (Å²) in [6.45, 7) is 2.82. The molecule has 1 heterocycles. The van der Waals surface area contributed by atoms with Crippen molar-refractivity contribution in [2.45, 2.75) is 19.5 Å². The molecule has 4 nitrogen and oxygen atoms in total. The van der Waals surface area contributed by atoms with E-state index in [2.05, 4.69) is 28.5 Å². The molecule has 0 saturated carbocycles. The minimum Gasteiger partial charge on any atom is -0.306 e. The van der Waals surface area contributed by atoms with Crippen molar-refractivity contribution in [3.05, 3.63) is 53.3 Å². The number of nitrogens with zero attached hydrogens (tertiary/aromatic N) is 2. The van der Waals surface area contributed by atoms with Crippen LogP contribution in [0.3, 0.4) is 0 Å². The summed E-state index contributed by atoms with van der Waals surface area (Å²) in [4.78, 5) is 0. The molecule has 86 valence electrons. The Kier molecular flexibility index (Phi) is 3.53. The van der Waals surface area contributed by atoms with Crippen molar-refractivity contribution in [2.75, 3.05) is 0 Å². The van der Waals surface area contributed by atoms with E-state index in [-0.39, 0.29) is 6.04 Å². The maximum Gasteiger partial charge on any atom is 0.0991 e. The van der Waals surface area contributed by atoms with Gasteiger partial charge in [0.05, 0.1) is 17.8 Å². The summed E-state index contributed by atoms with van der Waals surface area (Å²) in [5.74, 6) is 0. The summed E-state index contributed by atoms with van der Waals surface area (Å²) in [6.07, 6.45) is 3.69. The van der Waals surface area contributed by atoms with Gasteiger partial charge in [0.1, 0.15) is 0 Å². The SMILES string of the molecule is CC(NCc1cccc(C#N)c1)c1cn[nH]c1. The quantitative estimate of drug-likeness (QED) is 0.839. The van der Waals surface area contributed by atoms with E-state index in [4.69, 9.17) is 5.26 Å². The molecule has 1 aromatic heterocycles. The summed E-state index contributed by atoms with van der Waals surface area (Å²) in [5, 5.41) is 18.9. The third kappa shape index (κ3) is 2.92. The number of benzene rings is 1. The van der Waals surface area contributed by atoms with Crippen molar-refractivity contribution < 1.29 is 0 Å². The third-order valence-corrected chi connectivity index (χ3v) is 2.69. The van der Waals surface area contributed by atoms with Crippen molar-refractivity contribution in [1.29, 1.82) is 5.26 Å². The first-order valence-corrected chi connectivity index (χ1v) is 5.50. The fraction of sp³-hybridized carbons (Fsp3) is 0.231. The van der Waals surface area contributed by atoms with Crippen molar-refractivity contribution in [2.24, 2.45) is 0 Å². The van der Waals surface area contributed by atoms with Crippen LogP contribution in [-0.2, 0) is 6.54 Å². The van der Waals surface area contributed by atoms with Gasteiger partial charge in [-0.3, -0.25) is 5.10 Å². The molecular formula is C13H14N4. The molecule has 17 heavy (non-hydrogen) atoms. The molecule has 0 radical (unpaired) electrons. The van der Waals surface area contributed by atoms with E-state index in [0.29, 0.717) is 5.56 Å². The molecule has 0 aliphatic carbocycles. The van der Waals surface area contributed by atoms with Crippen LogP contribution in [0.2, 0.25) is 0 Å². The lowest BCUT2D eigenvalue weighted by Crippen LogP contribution is -2.17. The van der Waals surface area contributed by atoms with Crippen LogP contribution >= 0.6 is 0 Å². The van der Waals surface area contributed by atoms with Crippen LogP contribution in [0.5, 0.6) is 0 Å². The average molecular weight is 226 g/mol. The largest absolute Gasteiger partial charge is 0.306 e. The van der Waals surface area contributed by atoms with E-state index in [1.54, 1.807) is 0 Å². The number of nitrogens with one attached hydrogen (secondary N) is 2. The third-order valence-electron chi connectivity index (χ3n) is 2.69. The van der Waals surface area contributed by atoms with Gasteiger partial charge in [-0.05, 0) is 24.6 Å². The van der Waals surface area contributed by atoms with E-state index < -0.39 is 0 Å². The summed E-state index contributed by atoms with van der Waals surface area (Å²) < 4.78 is 0. The maximum atomic E-state index is 8.81. The minimum absolute atomic E-state index is 0.236. The van der Waals surface area contributed by atoms with Gasteiger partial charge in [0, 0.05) is 24.3 Å². The lowest BCUT2D eigenvalue weighted by atomic mass is 10.1. The second-order valence-electron chi connectivity index (χ2n) is 3.95. The minimum atomic E-state index is 0.236. The van der Waals surface area contributed by atoms with Gasteiger partial charge in [0.25, 0.3) is 0 Å². The molecule has 0 saturated heterocycles. The Bertz CT molecular complexity index is 510. The van der Waals surface area contributed by atoms with Crippen LogP contribution < -0.4 is 5.32 Å². The second-order valence-corrected chi connectivity index (χ2v) is 3.95. The first kappa shape index (κ1) is 11.4. The maximum absolute atomic E-state index is 8.81. The Morgan fingerprint density at radius 3 is 3.12 bits per heavy atom. The van der Waals surface area contributed by atoms with Crippen LogP contribution in [-0.4, -0.2) is 10.2 Å². The highest BCUT2D eigenvalue weighted by Crippen LogP contribution is 2.11. The molecule has 0 spiro atoms. The van der Waals surface area contributed by atoms with Gasteiger partial charge < -0.3 is 5.32 Å². The van der Waals surface area contributed by atoms with Gasteiger partial charge in [0.2, 0.25) is 0 Å². The highest BCUT2D eigenvalue weighted by molar-refractivity contribution is 5.32. The lowest BCUT2D eigenvalue weighted by molar-refractivity contribution is 0.575. The zero-order valence-electron chi connectivity index (χ0n) is 9.64. The smallest absolute Gasteiger partial charge is 0.0991 e. The van der Waals surface area contributed by atoms with Crippen LogP contribution in [0.4, 0.5) is 0 Å². The van der Waals surface area contributed by atoms with E-state index in [9.17, 15) is 0 Å². The van der Waals surface area contributed by atoms with Crippen LogP contribution in [0.15, 0.2) is 36.7 Å². The van der Waals surface area contributed by atoms with Gasteiger partial charge in [0.15, 0.2) is 0 Å². The number of hydrogen-bond acceptors (Lipinski definition) is 3. The summed E-state index contributed by atoms with van der Waals surface area (Å²) in [6, 6.07) is 9.99. The normalized spacial score (nSPS) is 12.0. The standard InChI is InChI=1S/C13H14N4/c1-10(13-8-16-17-9-13)15-7-12-4-2-3-11(5-12)6-14/h2-5,8-10,15H,7H2,1H3,(H,16,17). The van der Waals surface area contributed by atoms with Crippen molar-refractivity contribution in [1.82, 2.24) is 15.5 Å². The number of rotatable bonds is 4. The van der Waals surface area contributed by atoms with Gasteiger partial charge >= 0.3 is 0 Å². The van der Waals surface area contributed by atoms with E-state index in [0.717, 1.165) is 17.7 Å². The topological polar surface area (TPSA) is 64.5 Å². The van der Waals surface area contributed by atoms with Crippen LogP contribution in [0, 0.1) is 11.3 Å². The Hall–Kier alpha value is -2.12. The molecule has 1 unspecified atom stereocenters. The summed E-state index contributed by atoms with van der Waals surface area (Å²) in [5.41, 5.74) is 2.93. The van der Waals surface area contributed by atoms with Crippen molar-refractivity contribution in [3.8, 4) is 6.07 Å². The molecule has 0 fully saturated rings. The number of H-pyrrole nitrogens is 1. The molecule has 4 heteroatoms. The van der Waals surface area contributed by atoms with Crippen LogP contribution in [0.1, 0.15) is 29.7 Å². The van der Waals surface area contributed by atoms with Crippen molar-refractivity contribution >= 4 is 0 Å². The second kappa shape index (κ2) is 5.28. The molecule has 2 rings (SSSR count). The van der Waals surface area contributed by atoms with E-state index in [1.807, 2.05) is 36.7 Å². The van der Waals surface area contributed by atoms with Gasteiger partial charge in [-0.2, -0.15) is 10.4 Å². The Balaban J connectivity index is 1.96. The molecule has 0 amide bonds. The molecule has 0 aliphatic rings. The van der Waals surface area contributed by atoms with Crippen molar-refractivity contribution in [3.63, 3.8) is 0 Å². The molecule has 1 aromatic carbocycles. The van der Waals surface area contributed by atoms with E-state index in [1.165, 1.54) is 0 Å². The Morgan fingerprint density at radius 1 is 1.53 bits per heavy atom. The Labute approximate surface area is 100 Å². The Morgan fingerprint density at radius 2 is 2.41 bits per heavy atom. The fourth-order valence-corrected chi connectivity index (χ4v) is 1.64. The molecule has 0 bridgehead atoms. The summed E-state index contributed by atoms with van der Waals surface area (Å²) in [7, 11) is 0. The predicted molar refractivity (Wildman–Crippen MR) is 65.0 cm³/mol.